The summed E-state index contributed by atoms with van der Waals surface area (Å²) in [4.78, 5) is 42.1. The summed E-state index contributed by atoms with van der Waals surface area (Å²) in [6.45, 7) is 6.12. The van der Waals surface area contributed by atoms with Gasteiger partial charge < -0.3 is 14.6 Å². The molecule has 1 aromatic heterocycles. The van der Waals surface area contributed by atoms with E-state index in [1.807, 2.05) is 49.4 Å². The van der Waals surface area contributed by atoms with E-state index in [1.54, 1.807) is 10.6 Å². The van der Waals surface area contributed by atoms with Crippen LogP contribution in [0, 0.1) is 6.92 Å². The van der Waals surface area contributed by atoms with Gasteiger partial charge in [0, 0.05) is 18.7 Å². The number of aryl methyl sites for hydroxylation is 3. The zero-order valence-corrected chi connectivity index (χ0v) is 18.8. The van der Waals surface area contributed by atoms with Crippen molar-refractivity contribution in [2.24, 2.45) is 0 Å². The summed E-state index contributed by atoms with van der Waals surface area (Å²) < 4.78 is 7.00. The number of benzene rings is 2. The fourth-order valence-electron chi connectivity index (χ4n) is 3.44. The van der Waals surface area contributed by atoms with E-state index in [0.29, 0.717) is 17.9 Å². The molecule has 3 rings (SSSR count). The molecule has 7 nitrogen and oxygen atoms in total. The molecule has 0 saturated carbocycles. The monoisotopic (exact) mass is 435 g/mol. The van der Waals surface area contributed by atoms with Crippen LogP contribution in [0.3, 0.4) is 0 Å². The van der Waals surface area contributed by atoms with Crippen molar-refractivity contribution in [3.8, 4) is 0 Å². The molecule has 2 aromatic carbocycles. The lowest BCUT2D eigenvalue weighted by Crippen LogP contribution is -2.30. The first-order chi connectivity index (χ1) is 15.4. The number of carbonyl (C=O) groups is 2. The van der Waals surface area contributed by atoms with Crippen LogP contribution in [-0.4, -0.2) is 27.5 Å². The first-order valence-electron chi connectivity index (χ1n) is 10.9. The van der Waals surface area contributed by atoms with E-state index in [0.717, 1.165) is 29.4 Å². The molecule has 3 aromatic rings. The molecule has 0 aliphatic carbocycles. The van der Waals surface area contributed by atoms with E-state index in [9.17, 15) is 14.4 Å². The molecule has 0 aliphatic heterocycles. The minimum Gasteiger partial charge on any atom is -0.453 e. The highest BCUT2D eigenvalue weighted by atomic mass is 16.5. The fraction of sp³-hybridized carbons (Fsp3) is 0.360. The van der Waals surface area contributed by atoms with Crippen molar-refractivity contribution in [1.29, 1.82) is 0 Å². The van der Waals surface area contributed by atoms with E-state index in [2.05, 4.69) is 17.2 Å². The van der Waals surface area contributed by atoms with Crippen LogP contribution in [0.2, 0.25) is 0 Å². The Kier molecular flexibility index (Phi) is 7.76. The Labute approximate surface area is 187 Å². The molecule has 0 bridgehead atoms. The normalized spacial score (nSPS) is 11.8. The summed E-state index contributed by atoms with van der Waals surface area (Å²) in [6, 6.07) is 14.9. The van der Waals surface area contributed by atoms with Crippen molar-refractivity contribution >= 4 is 28.6 Å². The number of nitrogens with zero attached hydrogens (tertiary/aromatic N) is 2. The molecule has 1 amide bonds. The molecule has 1 heterocycles. The van der Waals surface area contributed by atoms with Gasteiger partial charge in [-0.2, -0.15) is 0 Å². The molecule has 1 unspecified atom stereocenters. The van der Waals surface area contributed by atoms with Crippen LogP contribution in [0.1, 0.15) is 44.4 Å². The molecule has 7 heteroatoms. The number of amides is 1. The van der Waals surface area contributed by atoms with Gasteiger partial charge in [0.15, 0.2) is 6.10 Å². The zero-order valence-electron chi connectivity index (χ0n) is 18.8. The number of fused-ring (bicyclic) bond motifs is 1. The van der Waals surface area contributed by atoms with Crippen molar-refractivity contribution < 1.29 is 14.3 Å². The van der Waals surface area contributed by atoms with Gasteiger partial charge in [-0.15, -0.1) is 0 Å². The molecular formula is C25H29N3O4. The summed E-state index contributed by atoms with van der Waals surface area (Å²) in [5.74, 6) is -0.957. The minimum atomic E-state index is -0.950. The number of anilines is 1. The quantitative estimate of drug-likeness (QED) is 0.513. The van der Waals surface area contributed by atoms with E-state index < -0.39 is 18.0 Å². The van der Waals surface area contributed by atoms with Gasteiger partial charge in [0.1, 0.15) is 5.69 Å². The Morgan fingerprint density at radius 3 is 2.69 bits per heavy atom. The van der Waals surface area contributed by atoms with Crippen molar-refractivity contribution in [2.45, 2.75) is 59.1 Å². The van der Waals surface area contributed by atoms with E-state index in [-0.39, 0.29) is 18.4 Å². The van der Waals surface area contributed by atoms with Crippen LogP contribution in [0.15, 0.2) is 53.3 Å². The average molecular weight is 436 g/mol. The van der Waals surface area contributed by atoms with Crippen molar-refractivity contribution in [3.63, 3.8) is 0 Å². The largest absolute Gasteiger partial charge is 0.453 e. The van der Waals surface area contributed by atoms with Crippen molar-refractivity contribution in [3.05, 3.63) is 70.1 Å². The van der Waals surface area contributed by atoms with Crippen LogP contribution in [0.25, 0.3) is 11.0 Å². The Morgan fingerprint density at radius 1 is 1.16 bits per heavy atom. The second-order valence-corrected chi connectivity index (χ2v) is 7.85. The van der Waals surface area contributed by atoms with Crippen LogP contribution in [0.4, 0.5) is 5.69 Å². The number of rotatable bonds is 9. The number of nitrogens with one attached hydrogen (secondary N) is 1. The lowest BCUT2D eigenvalue weighted by Gasteiger charge is -2.14. The maximum absolute atomic E-state index is 12.9. The van der Waals surface area contributed by atoms with Gasteiger partial charge in [0.25, 0.3) is 11.5 Å². The second-order valence-electron chi connectivity index (χ2n) is 7.85. The minimum absolute atomic E-state index is 0.0313. The zero-order chi connectivity index (χ0) is 23.1. The number of carbonyl (C=O) groups excluding carboxylic acids is 2. The molecule has 0 fully saturated rings. The van der Waals surface area contributed by atoms with Crippen LogP contribution in [0.5, 0.6) is 0 Å². The van der Waals surface area contributed by atoms with Gasteiger partial charge in [-0.05, 0) is 50.1 Å². The summed E-state index contributed by atoms with van der Waals surface area (Å²) >= 11 is 0. The highest BCUT2D eigenvalue weighted by molar-refractivity contribution is 5.95. The Bertz CT molecular complexity index is 1170. The Balaban J connectivity index is 1.64. The molecule has 1 atom stereocenters. The number of para-hydroxylation sites is 2. The Morgan fingerprint density at radius 2 is 1.94 bits per heavy atom. The van der Waals surface area contributed by atoms with E-state index in [4.69, 9.17) is 4.74 Å². The Hall–Kier alpha value is -3.48. The third-order valence-corrected chi connectivity index (χ3v) is 5.18. The predicted octanol–water partition coefficient (Wildman–Crippen LogP) is 4.01. The maximum atomic E-state index is 12.9. The number of esters is 1. The third-order valence-electron chi connectivity index (χ3n) is 5.18. The van der Waals surface area contributed by atoms with Gasteiger partial charge in [0.05, 0.1) is 17.5 Å². The van der Waals surface area contributed by atoms with E-state index >= 15 is 0 Å². The maximum Gasteiger partial charge on any atom is 0.306 e. The molecule has 0 aliphatic rings. The average Bonchev–Trinajstić information content (AvgIpc) is 2.77. The first-order valence-corrected chi connectivity index (χ1v) is 10.9. The van der Waals surface area contributed by atoms with Crippen LogP contribution >= 0.6 is 0 Å². The van der Waals surface area contributed by atoms with Gasteiger partial charge in [-0.1, -0.05) is 37.6 Å². The highest BCUT2D eigenvalue weighted by Gasteiger charge is 2.19. The van der Waals surface area contributed by atoms with Gasteiger partial charge >= 0.3 is 5.97 Å². The third kappa shape index (κ3) is 5.81. The molecule has 1 N–H and O–H groups in total. The van der Waals surface area contributed by atoms with Crippen LogP contribution in [-0.2, 0) is 27.3 Å². The summed E-state index contributed by atoms with van der Waals surface area (Å²) in [7, 11) is 0. The number of hydrogen-bond acceptors (Lipinski definition) is 5. The standard InChI is InChI=1S/C25H29N3O4/c1-4-5-15-28-22-12-7-6-11-20(22)27-21(25(28)31)13-14-23(29)32-18(3)24(30)26-19-10-8-9-17(2)16-19/h6-12,16,18H,4-5,13-15H2,1-3H3,(H,26,30). The summed E-state index contributed by atoms with van der Waals surface area (Å²) in [5, 5.41) is 2.74. The summed E-state index contributed by atoms with van der Waals surface area (Å²) in [6.07, 6.45) is 1.02. The van der Waals surface area contributed by atoms with Gasteiger partial charge in [0.2, 0.25) is 0 Å². The van der Waals surface area contributed by atoms with Crippen molar-refractivity contribution in [2.75, 3.05) is 5.32 Å². The number of unbranched alkanes of at least 4 members (excludes halogenated alkanes) is 1. The first kappa shape index (κ1) is 23.2. The number of ether oxygens (including phenoxy) is 1. The molecule has 0 saturated heterocycles. The van der Waals surface area contributed by atoms with Gasteiger partial charge in [-0.25, -0.2) is 4.98 Å². The molecule has 0 spiro atoms. The van der Waals surface area contributed by atoms with Crippen molar-refractivity contribution in [1.82, 2.24) is 9.55 Å². The van der Waals surface area contributed by atoms with E-state index in [1.165, 1.54) is 6.92 Å². The number of hydrogen-bond donors (Lipinski definition) is 1. The molecular weight excluding hydrogens is 406 g/mol. The molecule has 32 heavy (non-hydrogen) atoms. The smallest absolute Gasteiger partial charge is 0.306 e. The predicted molar refractivity (Wildman–Crippen MR) is 125 cm³/mol. The number of aromatic nitrogens is 2. The highest BCUT2D eigenvalue weighted by Crippen LogP contribution is 2.13. The summed E-state index contributed by atoms with van der Waals surface area (Å²) in [5.41, 5.74) is 3.31. The SMILES string of the molecule is CCCCn1c(=O)c(CCC(=O)OC(C)C(=O)Nc2cccc(C)c2)nc2ccccc21. The second kappa shape index (κ2) is 10.7. The fourth-order valence-corrected chi connectivity index (χ4v) is 3.44. The lowest BCUT2D eigenvalue weighted by molar-refractivity contribution is -0.153. The molecule has 168 valence electrons. The van der Waals surface area contributed by atoms with Crippen LogP contribution < -0.4 is 10.9 Å². The lowest BCUT2D eigenvalue weighted by atomic mass is 10.2. The van der Waals surface area contributed by atoms with Gasteiger partial charge in [-0.3, -0.25) is 14.4 Å². The molecule has 0 radical (unpaired) electrons. The topological polar surface area (TPSA) is 90.3 Å².